The quantitative estimate of drug-likeness (QED) is 0.289. The van der Waals surface area contributed by atoms with Gasteiger partial charge in [0, 0.05) is 18.7 Å². The molecule has 1 saturated heterocycles. The van der Waals surface area contributed by atoms with Crippen LogP contribution in [-0.4, -0.2) is 62.7 Å². The predicted octanol–water partition coefficient (Wildman–Crippen LogP) is 1.61. The van der Waals surface area contributed by atoms with Crippen molar-refractivity contribution in [1.82, 2.24) is 10.2 Å². The Balaban J connectivity index is 1.47. The summed E-state index contributed by atoms with van der Waals surface area (Å²) in [5, 5.41) is 5.21. The third kappa shape index (κ3) is 4.82. The van der Waals surface area contributed by atoms with Gasteiger partial charge in [-0.15, -0.1) is 0 Å². The van der Waals surface area contributed by atoms with Crippen LogP contribution >= 0.6 is 0 Å². The third-order valence-corrected chi connectivity index (χ3v) is 7.21. The lowest BCUT2D eigenvalue weighted by Gasteiger charge is -2.27. The summed E-state index contributed by atoms with van der Waals surface area (Å²) in [7, 11) is -3.98. The van der Waals surface area contributed by atoms with Crippen LogP contribution in [0.15, 0.2) is 41.3 Å². The summed E-state index contributed by atoms with van der Waals surface area (Å²) in [5.41, 5.74) is 1.45. The maximum atomic E-state index is 13.2. The molecule has 0 aliphatic carbocycles. The van der Waals surface area contributed by atoms with E-state index in [9.17, 15) is 27.6 Å². The van der Waals surface area contributed by atoms with Gasteiger partial charge in [0.1, 0.15) is 23.3 Å². The van der Waals surface area contributed by atoms with Crippen molar-refractivity contribution in [2.45, 2.75) is 37.6 Å². The van der Waals surface area contributed by atoms with E-state index in [1.54, 1.807) is 38.1 Å². The van der Waals surface area contributed by atoms with Gasteiger partial charge >= 0.3 is 10.1 Å². The van der Waals surface area contributed by atoms with E-state index in [0.717, 1.165) is 10.5 Å². The molecule has 2 aliphatic heterocycles. The molecule has 36 heavy (non-hydrogen) atoms. The molecule has 0 saturated carbocycles. The average Bonchev–Trinajstić information content (AvgIpc) is 3.07. The number of nitrogens with one attached hydrogen (secondary N) is 2. The highest BCUT2D eigenvalue weighted by Gasteiger charge is 2.45. The van der Waals surface area contributed by atoms with E-state index in [-0.39, 0.29) is 54.4 Å². The maximum Gasteiger partial charge on any atom is 0.300 e. The minimum Gasteiger partial charge on any atom is -0.490 e. The SMILES string of the molecule is CCOS(=O)(=O)c1ccc(C)cc1OCCNc1cccc2c1C(=O)N(C1CCC(=O)NC1=O)C2=O. The van der Waals surface area contributed by atoms with E-state index in [4.69, 9.17) is 8.92 Å². The first kappa shape index (κ1) is 25.3. The lowest BCUT2D eigenvalue weighted by molar-refractivity contribution is -0.136. The van der Waals surface area contributed by atoms with E-state index >= 15 is 0 Å². The Bertz CT molecular complexity index is 1360. The van der Waals surface area contributed by atoms with Gasteiger partial charge < -0.3 is 10.1 Å². The maximum absolute atomic E-state index is 13.2. The normalized spacial score (nSPS) is 17.7. The highest BCUT2D eigenvalue weighted by atomic mass is 32.2. The summed E-state index contributed by atoms with van der Waals surface area (Å²) in [6.07, 6.45) is 0.0996. The van der Waals surface area contributed by atoms with Crippen molar-refractivity contribution in [2.24, 2.45) is 0 Å². The van der Waals surface area contributed by atoms with Crippen LogP contribution in [0.4, 0.5) is 5.69 Å². The second kappa shape index (κ2) is 10.1. The number of imide groups is 2. The third-order valence-electron chi connectivity index (χ3n) is 5.78. The zero-order valence-corrected chi connectivity index (χ0v) is 20.5. The van der Waals surface area contributed by atoms with Crippen molar-refractivity contribution in [3.8, 4) is 5.75 Å². The van der Waals surface area contributed by atoms with Gasteiger partial charge in [0.15, 0.2) is 0 Å². The van der Waals surface area contributed by atoms with Gasteiger partial charge in [-0.2, -0.15) is 8.42 Å². The fourth-order valence-electron chi connectivity index (χ4n) is 4.16. The summed E-state index contributed by atoms with van der Waals surface area (Å²) < 4.78 is 35.3. The molecule has 2 aromatic carbocycles. The Kier molecular flexibility index (Phi) is 7.09. The number of carbonyl (C=O) groups excluding carboxylic acids is 4. The van der Waals surface area contributed by atoms with E-state index < -0.39 is 39.8 Å². The molecule has 0 radical (unpaired) electrons. The van der Waals surface area contributed by atoms with Crippen molar-refractivity contribution in [3.05, 3.63) is 53.1 Å². The van der Waals surface area contributed by atoms with Crippen molar-refractivity contribution in [3.63, 3.8) is 0 Å². The summed E-state index contributed by atoms with van der Waals surface area (Å²) in [6.45, 7) is 3.58. The number of piperidine rings is 1. The monoisotopic (exact) mass is 515 g/mol. The Labute approximate surface area is 207 Å². The number of fused-ring (bicyclic) bond motifs is 1. The van der Waals surface area contributed by atoms with Gasteiger partial charge in [-0.1, -0.05) is 12.1 Å². The molecule has 0 bridgehead atoms. The van der Waals surface area contributed by atoms with Crippen LogP contribution in [0.1, 0.15) is 46.0 Å². The molecule has 2 N–H and O–H groups in total. The van der Waals surface area contributed by atoms with Gasteiger partial charge in [0.2, 0.25) is 11.8 Å². The molecule has 4 amide bonds. The average molecular weight is 516 g/mol. The number of ether oxygens (including phenoxy) is 1. The number of hydrogen-bond donors (Lipinski definition) is 2. The summed E-state index contributed by atoms with van der Waals surface area (Å²) in [6, 6.07) is 8.32. The van der Waals surface area contributed by atoms with Gasteiger partial charge in [0.25, 0.3) is 11.8 Å². The number of carbonyl (C=O) groups is 4. The van der Waals surface area contributed by atoms with Gasteiger partial charge in [-0.05, 0) is 50.1 Å². The Morgan fingerprint density at radius 1 is 1.11 bits per heavy atom. The Morgan fingerprint density at radius 2 is 1.89 bits per heavy atom. The number of rotatable bonds is 9. The molecule has 2 aliphatic rings. The Morgan fingerprint density at radius 3 is 2.61 bits per heavy atom. The second-order valence-electron chi connectivity index (χ2n) is 8.26. The van der Waals surface area contributed by atoms with Crippen molar-refractivity contribution in [1.29, 1.82) is 0 Å². The summed E-state index contributed by atoms with van der Waals surface area (Å²) in [5.74, 6) is -2.22. The lowest BCUT2D eigenvalue weighted by atomic mass is 10.0. The number of aryl methyl sites for hydroxylation is 1. The summed E-state index contributed by atoms with van der Waals surface area (Å²) in [4.78, 5) is 50.6. The van der Waals surface area contributed by atoms with E-state index in [2.05, 4.69) is 10.6 Å². The molecule has 2 aromatic rings. The first-order valence-electron chi connectivity index (χ1n) is 11.4. The molecule has 0 spiro atoms. The van der Waals surface area contributed by atoms with Crippen LogP contribution in [0, 0.1) is 6.92 Å². The first-order valence-corrected chi connectivity index (χ1v) is 12.8. The lowest BCUT2D eigenvalue weighted by Crippen LogP contribution is -2.54. The first-order chi connectivity index (χ1) is 17.1. The van der Waals surface area contributed by atoms with Crippen LogP contribution in [0.25, 0.3) is 0 Å². The minimum absolute atomic E-state index is 0.0150. The fourth-order valence-corrected chi connectivity index (χ4v) is 5.20. The summed E-state index contributed by atoms with van der Waals surface area (Å²) >= 11 is 0. The van der Waals surface area contributed by atoms with Crippen LogP contribution in [-0.2, 0) is 23.9 Å². The Hall–Kier alpha value is -3.77. The zero-order chi connectivity index (χ0) is 26.0. The minimum atomic E-state index is -3.98. The molecule has 1 fully saturated rings. The molecule has 0 aromatic heterocycles. The van der Waals surface area contributed by atoms with Crippen LogP contribution in [0.2, 0.25) is 0 Å². The van der Waals surface area contributed by atoms with Crippen LogP contribution in [0.5, 0.6) is 5.75 Å². The van der Waals surface area contributed by atoms with Crippen LogP contribution < -0.4 is 15.4 Å². The molecular formula is C24H25N3O8S. The second-order valence-corrected chi connectivity index (χ2v) is 9.85. The number of nitrogens with zero attached hydrogens (tertiary/aromatic N) is 1. The molecule has 1 atom stereocenters. The van der Waals surface area contributed by atoms with E-state index in [0.29, 0.717) is 5.69 Å². The number of benzene rings is 2. The zero-order valence-electron chi connectivity index (χ0n) is 19.7. The molecule has 11 nitrogen and oxygen atoms in total. The molecule has 12 heteroatoms. The highest BCUT2D eigenvalue weighted by Crippen LogP contribution is 2.32. The van der Waals surface area contributed by atoms with Crippen LogP contribution in [0.3, 0.4) is 0 Å². The molecule has 1 unspecified atom stereocenters. The largest absolute Gasteiger partial charge is 0.490 e. The molecule has 2 heterocycles. The molecule has 4 rings (SSSR count). The van der Waals surface area contributed by atoms with E-state index in [1.807, 2.05) is 0 Å². The van der Waals surface area contributed by atoms with Gasteiger partial charge in [0.05, 0.1) is 17.7 Å². The predicted molar refractivity (Wildman–Crippen MR) is 127 cm³/mol. The number of amides is 4. The standard InChI is InChI=1S/C24H25N3O8S/c1-3-35-36(32,33)19-9-7-14(2)13-18(19)34-12-11-25-16-6-4-5-15-21(16)24(31)27(23(15)30)17-8-10-20(28)26-22(17)29/h4-7,9,13,17,25H,3,8,10-12H2,1-2H3,(H,26,28,29). The van der Waals surface area contributed by atoms with Gasteiger partial charge in [-0.25, -0.2) is 0 Å². The highest BCUT2D eigenvalue weighted by molar-refractivity contribution is 7.86. The topological polar surface area (TPSA) is 148 Å². The van der Waals surface area contributed by atoms with Gasteiger partial charge in [-0.3, -0.25) is 33.6 Å². The van der Waals surface area contributed by atoms with Crippen molar-refractivity contribution < 1.29 is 36.5 Å². The smallest absolute Gasteiger partial charge is 0.300 e. The molecule has 190 valence electrons. The molecular weight excluding hydrogens is 490 g/mol. The number of hydrogen-bond acceptors (Lipinski definition) is 9. The van der Waals surface area contributed by atoms with Crippen molar-refractivity contribution in [2.75, 3.05) is 25.1 Å². The van der Waals surface area contributed by atoms with E-state index in [1.165, 1.54) is 12.1 Å². The van der Waals surface area contributed by atoms with Crippen molar-refractivity contribution >= 4 is 39.4 Å². The number of anilines is 1. The fraction of sp³-hybridized carbons (Fsp3) is 0.333.